The van der Waals surface area contributed by atoms with Crippen LogP contribution in [0.25, 0.3) is 11.1 Å². The first-order valence-corrected chi connectivity index (χ1v) is 11.3. The van der Waals surface area contributed by atoms with Gasteiger partial charge in [-0.3, -0.25) is 4.90 Å². The third-order valence-electron chi connectivity index (χ3n) is 4.14. The van der Waals surface area contributed by atoms with Gasteiger partial charge in [-0.2, -0.15) is 11.3 Å². The van der Waals surface area contributed by atoms with E-state index in [2.05, 4.69) is 79.1 Å². The molecular weight excluding hydrogens is 390 g/mol. The Bertz CT molecular complexity index is 838. The van der Waals surface area contributed by atoms with Crippen LogP contribution in [0.4, 0.5) is 0 Å². The Kier molecular flexibility index (Phi) is 10.4. The van der Waals surface area contributed by atoms with Crippen molar-refractivity contribution in [2.24, 2.45) is 5.41 Å². The zero-order valence-corrected chi connectivity index (χ0v) is 19.2. The molecule has 0 spiro atoms. The Hall–Kier alpha value is -2.32. The summed E-state index contributed by atoms with van der Waals surface area (Å²) in [6.45, 7) is 14.4. The summed E-state index contributed by atoms with van der Waals surface area (Å²) in [6.07, 6.45) is 5.93. The zero-order valence-electron chi connectivity index (χ0n) is 18.4. The Labute approximate surface area is 186 Å². The first-order chi connectivity index (χ1) is 14.5. The average Bonchev–Trinajstić information content (AvgIpc) is 3.24. The minimum atomic E-state index is 0.0340. The van der Waals surface area contributed by atoms with Crippen LogP contribution in [0.15, 0.2) is 65.9 Å². The van der Waals surface area contributed by atoms with Crippen molar-refractivity contribution in [1.82, 2.24) is 4.90 Å². The summed E-state index contributed by atoms with van der Waals surface area (Å²) in [6, 6.07) is 10.3. The second-order valence-corrected chi connectivity index (χ2v) is 8.75. The molecule has 2 rings (SSSR count). The van der Waals surface area contributed by atoms with E-state index in [9.17, 15) is 0 Å². The van der Waals surface area contributed by atoms with Gasteiger partial charge >= 0.3 is 0 Å². The second kappa shape index (κ2) is 13.1. The summed E-state index contributed by atoms with van der Waals surface area (Å²) in [5, 5.41) is 4.23. The molecule has 1 aromatic carbocycles. The van der Waals surface area contributed by atoms with Crippen LogP contribution in [0.5, 0.6) is 5.75 Å². The third-order valence-corrected chi connectivity index (χ3v) is 4.82. The monoisotopic (exact) mass is 423 g/mol. The number of nitrogens with zero attached hydrogens (tertiary/aromatic N) is 1. The molecule has 0 aliphatic carbocycles. The molecule has 0 aliphatic heterocycles. The molecule has 1 heterocycles. The number of rotatable bonds is 12. The predicted molar refractivity (Wildman–Crippen MR) is 129 cm³/mol. The van der Waals surface area contributed by atoms with Crippen LogP contribution in [0.1, 0.15) is 20.8 Å². The smallest absolute Gasteiger partial charge is 0.120 e. The molecule has 0 saturated heterocycles. The molecule has 0 bridgehead atoms. The summed E-state index contributed by atoms with van der Waals surface area (Å²) >= 11 is 1.70. The lowest BCUT2D eigenvalue weighted by molar-refractivity contribution is 0.0843. The van der Waals surface area contributed by atoms with E-state index in [1.54, 1.807) is 11.3 Å². The van der Waals surface area contributed by atoms with Gasteiger partial charge in [0.15, 0.2) is 0 Å². The van der Waals surface area contributed by atoms with E-state index in [4.69, 9.17) is 9.47 Å². The van der Waals surface area contributed by atoms with E-state index >= 15 is 0 Å². The molecule has 0 unspecified atom stereocenters. The van der Waals surface area contributed by atoms with Gasteiger partial charge in [-0.1, -0.05) is 36.1 Å². The number of hydrogen-bond acceptors (Lipinski definition) is 4. The average molecular weight is 424 g/mol. The molecule has 0 saturated carbocycles. The molecule has 0 atom stereocenters. The van der Waals surface area contributed by atoms with Crippen molar-refractivity contribution in [2.45, 2.75) is 20.8 Å². The summed E-state index contributed by atoms with van der Waals surface area (Å²) in [5.41, 5.74) is 2.43. The van der Waals surface area contributed by atoms with Crippen LogP contribution in [0.2, 0.25) is 0 Å². The predicted octanol–water partition coefficient (Wildman–Crippen LogP) is 5.90. The van der Waals surface area contributed by atoms with E-state index in [0.717, 1.165) is 25.4 Å². The fourth-order valence-electron chi connectivity index (χ4n) is 2.67. The van der Waals surface area contributed by atoms with Gasteiger partial charge in [0.25, 0.3) is 0 Å². The molecule has 30 heavy (non-hydrogen) atoms. The van der Waals surface area contributed by atoms with Gasteiger partial charge in [0.1, 0.15) is 12.4 Å². The van der Waals surface area contributed by atoms with E-state index in [1.165, 1.54) is 11.1 Å². The van der Waals surface area contributed by atoms with Crippen LogP contribution >= 0.6 is 11.3 Å². The normalized spacial score (nSPS) is 11.5. The van der Waals surface area contributed by atoms with E-state index < -0.39 is 0 Å². The van der Waals surface area contributed by atoms with Crippen molar-refractivity contribution >= 4 is 11.3 Å². The summed E-state index contributed by atoms with van der Waals surface area (Å²) in [5.74, 6) is 7.18. The molecule has 0 fully saturated rings. The van der Waals surface area contributed by atoms with Gasteiger partial charge in [-0.25, -0.2) is 0 Å². The minimum Gasteiger partial charge on any atom is -0.491 e. The highest BCUT2D eigenvalue weighted by Gasteiger charge is 2.03. The maximum Gasteiger partial charge on any atom is 0.120 e. The number of benzene rings is 1. The van der Waals surface area contributed by atoms with Crippen molar-refractivity contribution in [1.29, 1.82) is 0 Å². The topological polar surface area (TPSA) is 21.7 Å². The van der Waals surface area contributed by atoms with Crippen LogP contribution in [-0.4, -0.2) is 44.4 Å². The van der Waals surface area contributed by atoms with E-state index in [-0.39, 0.29) is 5.41 Å². The highest BCUT2D eigenvalue weighted by atomic mass is 32.1. The first kappa shape index (κ1) is 24.0. The van der Waals surface area contributed by atoms with Crippen molar-refractivity contribution in [2.75, 3.05) is 39.5 Å². The number of allylic oxidation sites excluding steroid dienone is 1. The molecule has 0 N–H and O–H groups in total. The van der Waals surface area contributed by atoms with Gasteiger partial charge in [0.05, 0.1) is 13.2 Å². The largest absolute Gasteiger partial charge is 0.491 e. The van der Waals surface area contributed by atoms with E-state index in [0.29, 0.717) is 19.8 Å². The summed E-state index contributed by atoms with van der Waals surface area (Å²) < 4.78 is 11.6. The van der Waals surface area contributed by atoms with Gasteiger partial charge in [-0.05, 0) is 66.9 Å². The molecule has 4 heteroatoms. The molecule has 3 nitrogen and oxygen atoms in total. The Balaban J connectivity index is 1.65. The Morgan fingerprint density at radius 2 is 1.97 bits per heavy atom. The lowest BCUT2D eigenvalue weighted by Crippen LogP contribution is -2.28. The van der Waals surface area contributed by atoms with Crippen molar-refractivity contribution in [3.63, 3.8) is 0 Å². The minimum absolute atomic E-state index is 0.0340. The summed E-state index contributed by atoms with van der Waals surface area (Å²) in [7, 11) is 0. The van der Waals surface area contributed by atoms with Gasteiger partial charge in [0.2, 0.25) is 0 Å². The fraction of sp³-hybridized carbons (Fsp3) is 0.385. The van der Waals surface area contributed by atoms with Crippen LogP contribution in [0.3, 0.4) is 0 Å². The standard InChI is InChI=1S/C26H33NO2S/c1-5-14-27(15-8-6-7-13-26(2,3)4)16-17-28-18-19-29-25-11-9-10-23(21-25)24-12-20-30-22-24/h5-6,8-12,20-22H,1,14-19H2,2-4H3/b8-6+. The van der Waals surface area contributed by atoms with Crippen molar-refractivity contribution in [3.8, 4) is 28.7 Å². The number of ether oxygens (including phenoxy) is 2. The molecule has 0 amide bonds. The van der Waals surface area contributed by atoms with E-state index in [1.807, 2.05) is 24.3 Å². The maximum atomic E-state index is 5.84. The molecule has 2 aromatic rings. The van der Waals surface area contributed by atoms with Gasteiger partial charge in [0, 0.05) is 25.0 Å². The Morgan fingerprint density at radius 3 is 2.70 bits per heavy atom. The molecule has 160 valence electrons. The van der Waals surface area contributed by atoms with Crippen molar-refractivity contribution in [3.05, 3.63) is 65.9 Å². The van der Waals surface area contributed by atoms with Crippen LogP contribution in [0, 0.1) is 17.3 Å². The van der Waals surface area contributed by atoms with Gasteiger partial charge in [-0.15, -0.1) is 6.58 Å². The molecule has 0 aliphatic rings. The maximum absolute atomic E-state index is 5.84. The van der Waals surface area contributed by atoms with Crippen LogP contribution < -0.4 is 4.74 Å². The quantitative estimate of drug-likeness (QED) is 0.241. The highest BCUT2D eigenvalue weighted by Crippen LogP contribution is 2.25. The lowest BCUT2D eigenvalue weighted by atomic mass is 9.98. The number of thiophene rings is 1. The van der Waals surface area contributed by atoms with Crippen LogP contribution in [-0.2, 0) is 4.74 Å². The summed E-state index contributed by atoms with van der Waals surface area (Å²) in [4.78, 5) is 2.27. The molecule has 1 aromatic heterocycles. The Morgan fingerprint density at radius 1 is 1.10 bits per heavy atom. The third kappa shape index (κ3) is 9.93. The lowest BCUT2D eigenvalue weighted by Gasteiger charge is -2.18. The SMILES string of the molecule is C=CCN(C/C=C/C#CC(C)(C)C)CCOCCOc1cccc(-c2ccsc2)c1. The molecular formula is C26H33NO2S. The van der Waals surface area contributed by atoms with Gasteiger partial charge < -0.3 is 9.47 Å². The zero-order chi connectivity index (χ0) is 21.7. The fourth-order valence-corrected chi connectivity index (χ4v) is 3.33. The highest BCUT2D eigenvalue weighted by molar-refractivity contribution is 7.08. The number of hydrogen-bond donors (Lipinski definition) is 0. The second-order valence-electron chi connectivity index (χ2n) is 7.97. The molecule has 0 radical (unpaired) electrons. The first-order valence-electron chi connectivity index (χ1n) is 10.3. The van der Waals surface area contributed by atoms with Crippen molar-refractivity contribution < 1.29 is 9.47 Å².